The summed E-state index contributed by atoms with van der Waals surface area (Å²) in [5.74, 6) is 0.290. The summed E-state index contributed by atoms with van der Waals surface area (Å²) in [6.07, 6.45) is 4.43. The molecular weight excluding hydrogens is 458 g/mol. The monoisotopic (exact) mass is 481 g/mol. The topological polar surface area (TPSA) is 145 Å². The lowest BCUT2D eigenvalue weighted by Gasteiger charge is -2.31. The molecule has 0 aliphatic carbocycles. The van der Waals surface area contributed by atoms with Crippen LogP contribution in [0, 0.1) is 6.92 Å². The summed E-state index contributed by atoms with van der Waals surface area (Å²) >= 11 is 1.01. The third kappa shape index (κ3) is 4.29. The molecule has 1 saturated heterocycles. The number of carbonyl (C=O) groups is 2. The van der Waals surface area contributed by atoms with Gasteiger partial charge < -0.3 is 15.1 Å². The zero-order valence-corrected chi connectivity index (χ0v) is 19.2. The molecule has 34 heavy (non-hydrogen) atoms. The Bertz CT molecular complexity index is 1240. The number of rotatable bonds is 6. The first-order valence-electron chi connectivity index (χ1n) is 10.9. The van der Waals surface area contributed by atoms with E-state index in [0.29, 0.717) is 54.9 Å². The van der Waals surface area contributed by atoms with Crippen LogP contribution >= 0.6 is 11.3 Å². The highest BCUT2D eigenvalue weighted by atomic mass is 32.1. The number of carbonyl (C=O) groups excluding carboxylic acids is 1. The maximum Gasteiger partial charge on any atom is 0.347 e. The summed E-state index contributed by atoms with van der Waals surface area (Å²) in [5.41, 5.74) is 2.08. The van der Waals surface area contributed by atoms with Crippen LogP contribution in [-0.4, -0.2) is 61.2 Å². The second kappa shape index (κ2) is 8.95. The van der Waals surface area contributed by atoms with Crippen molar-refractivity contribution in [2.75, 3.05) is 28.2 Å². The van der Waals surface area contributed by atoms with E-state index in [9.17, 15) is 19.8 Å². The number of piperidine rings is 1. The number of aromatic carboxylic acids is 1. The minimum Gasteiger partial charge on any atom is -0.477 e. The molecule has 3 N–H and O–H groups in total. The Hall–Kier alpha value is -3.64. The number of anilines is 4. The van der Waals surface area contributed by atoms with E-state index in [0.717, 1.165) is 22.5 Å². The van der Waals surface area contributed by atoms with Crippen LogP contribution in [0.3, 0.4) is 0 Å². The molecule has 12 heteroatoms. The molecule has 0 unspecified atom stereocenters. The number of thiazole rings is 1. The normalized spacial score (nSPS) is 16.1. The predicted molar refractivity (Wildman–Crippen MR) is 126 cm³/mol. The van der Waals surface area contributed by atoms with Gasteiger partial charge in [-0.25, -0.2) is 9.78 Å². The van der Waals surface area contributed by atoms with Crippen molar-refractivity contribution in [3.8, 4) is 0 Å². The number of aryl methyl sites for hydroxylation is 1. The number of aliphatic hydroxyl groups is 1. The molecule has 2 aliphatic rings. The summed E-state index contributed by atoms with van der Waals surface area (Å²) in [6.45, 7) is 3.21. The number of nitrogens with zero attached hydrogens (tertiary/aromatic N) is 6. The standard InChI is InChI=1S/C22H23N7O4S/c1-12-17(20(32)33)34-22(24-12)27-21-25-18(28-8-4-14(30)5-9-28)15-10-16(31)29(19(15)26-21)11-13-2-6-23-7-3-13/h2-3,6-7,14,30H,4-5,8-11H2,1H3,(H,32,33)(H,24,25,26,27). The van der Waals surface area contributed by atoms with E-state index in [2.05, 4.69) is 25.2 Å². The molecule has 0 radical (unpaired) electrons. The summed E-state index contributed by atoms with van der Waals surface area (Å²) < 4.78 is 0. The highest BCUT2D eigenvalue weighted by Crippen LogP contribution is 2.37. The first-order valence-corrected chi connectivity index (χ1v) is 11.7. The Morgan fingerprint density at radius 2 is 1.88 bits per heavy atom. The number of pyridine rings is 1. The van der Waals surface area contributed by atoms with Gasteiger partial charge in [-0.3, -0.25) is 20.0 Å². The molecule has 1 amide bonds. The maximum absolute atomic E-state index is 13.0. The van der Waals surface area contributed by atoms with Crippen LogP contribution in [0.2, 0.25) is 0 Å². The molecule has 3 aromatic heterocycles. The first kappa shape index (κ1) is 22.2. The third-order valence-corrected chi connectivity index (χ3v) is 6.97. The minimum atomic E-state index is -1.04. The lowest BCUT2D eigenvalue weighted by molar-refractivity contribution is -0.117. The number of nitrogens with one attached hydrogen (secondary N) is 1. The largest absolute Gasteiger partial charge is 0.477 e. The number of amides is 1. The fourth-order valence-electron chi connectivity index (χ4n) is 4.18. The van der Waals surface area contributed by atoms with E-state index in [-0.39, 0.29) is 29.3 Å². The molecule has 0 saturated carbocycles. The average Bonchev–Trinajstić information content (AvgIpc) is 3.34. The number of aromatic nitrogens is 4. The van der Waals surface area contributed by atoms with E-state index < -0.39 is 5.97 Å². The van der Waals surface area contributed by atoms with Gasteiger partial charge in [0.1, 0.15) is 16.5 Å². The Morgan fingerprint density at radius 3 is 2.56 bits per heavy atom. The first-order chi connectivity index (χ1) is 16.4. The van der Waals surface area contributed by atoms with Gasteiger partial charge in [0.15, 0.2) is 5.13 Å². The van der Waals surface area contributed by atoms with E-state index >= 15 is 0 Å². The number of aliphatic hydroxyl groups excluding tert-OH is 1. The van der Waals surface area contributed by atoms with Gasteiger partial charge in [0.2, 0.25) is 11.9 Å². The van der Waals surface area contributed by atoms with Gasteiger partial charge in [-0.15, -0.1) is 0 Å². The molecule has 3 aromatic rings. The van der Waals surface area contributed by atoms with Crippen molar-refractivity contribution in [1.29, 1.82) is 0 Å². The molecule has 5 heterocycles. The van der Waals surface area contributed by atoms with Crippen LogP contribution in [0.25, 0.3) is 0 Å². The molecule has 0 spiro atoms. The van der Waals surface area contributed by atoms with E-state index in [1.807, 2.05) is 12.1 Å². The summed E-state index contributed by atoms with van der Waals surface area (Å²) in [5, 5.41) is 22.7. The van der Waals surface area contributed by atoms with Crippen molar-refractivity contribution >= 4 is 45.9 Å². The van der Waals surface area contributed by atoms with Gasteiger partial charge in [-0.1, -0.05) is 11.3 Å². The van der Waals surface area contributed by atoms with Crippen LogP contribution in [0.15, 0.2) is 24.5 Å². The lowest BCUT2D eigenvalue weighted by atomic mass is 10.1. The highest BCUT2D eigenvalue weighted by Gasteiger charge is 2.35. The van der Waals surface area contributed by atoms with Gasteiger partial charge in [0.25, 0.3) is 0 Å². The van der Waals surface area contributed by atoms with Crippen LogP contribution < -0.4 is 15.1 Å². The van der Waals surface area contributed by atoms with E-state index in [1.165, 1.54) is 0 Å². The highest BCUT2D eigenvalue weighted by molar-refractivity contribution is 7.17. The number of carboxylic acids is 1. The second-order valence-electron chi connectivity index (χ2n) is 8.27. The summed E-state index contributed by atoms with van der Waals surface area (Å²) in [4.78, 5) is 45.9. The third-order valence-electron chi connectivity index (χ3n) is 5.91. The van der Waals surface area contributed by atoms with Crippen LogP contribution in [0.1, 0.15) is 39.3 Å². The fraction of sp³-hybridized carbons (Fsp3) is 0.364. The predicted octanol–water partition coefficient (Wildman–Crippen LogP) is 2.13. The minimum absolute atomic E-state index is 0.0742. The zero-order valence-electron chi connectivity index (χ0n) is 18.4. The molecule has 1 fully saturated rings. The Balaban J connectivity index is 1.53. The lowest BCUT2D eigenvalue weighted by Crippen LogP contribution is -2.37. The van der Waals surface area contributed by atoms with E-state index in [1.54, 1.807) is 24.2 Å². The second-order valence-corrected chi connectivity index (χ2v) is 9.27. The van der Waals surface area contributed by atoms with Crippen molar-refractivity contribution in [2.24, 2.45) is 0 Å². The SMILES string of the molecule is Cc1nc(Nc2nc(N3CCC(O)CC3)c3c(n2)N(Cc2ccncc2)C(=O)C3)sc1C(=O)O. The average molecular weight is 482 g/mol. The van der Waals surface area contributed by atoms with E-state index in [4.69, 9.17) is 4.98 Å². The molecule has 5 rings (SSSR count). The van der Waals surface area contributed by atoms with Crippen LogP contribution in [0.5, 0.6) is 0 Å². The van der Waals surface area contributed by atoms with Gasteiger partial charge >= 0.3 is 5.97 Å². The van der Waals surface area contributed by atoms with Crippen molar-refractivity contribution in [1.82, 2.24) is 19.9 Å². The number of hydrogen-bond acceptors (Lipinski definition) is 10. The molecule has 0 aromatic carbocycles. The maximum atomic E-state index is 13.0. The van der Waals surface area contributed by atoms with Gasteiger partial charge in [-0.2, -0.15) is 9.97 Å². The van der Waals surface area contributed by atoms with Crippen molar-refractivity contribution in [2.45, 2.75) is 38.8 Å². The Kier molecular flexibility index (Phi) is 5.84. The quantitative estimate of drug-likeness (QED) is 0.479. The molecular formula is C22H23N7O4S. The van der Waals surface area contributed by atoms with Crippen LogP contribution in [0.4, 0.5) is 22.7 Å². The summed E-state index contributed by atoms with van der Waals surface area (Å²) in [6, 6.07) is 3.70. The number of fused-ring (bicyclic) bond motifs is 1. The molecule has 11 nitrogen and oxygen atoms in total. The van der Waals surface area contributed by atoms with Crippen molar-refractivity contribution in [3.05, 3.63) is 46.2 Å². The smallest absolute Gasteiger partial charge is 0.347 e. The zero-order chi connectivity index (χ0) is 23.8. The Labute approximate surface area is 199 Å². The molecule has 176 valence electrons. The van der Waals surface area contributed by atoms with Gasteiger partial charge in [0.05, 0.1) is 24.8 Å². The summed E-state index contributed by atoms with van der Waals surface area (Å²) in [7, 11) is 0. The van der Waals surface area contributed by atoms with Gasteiger partial charge in [0, 0.05) is 31.0 Å². The fourth-order valence-corrected chi connectivity index (χ4v) is 4.98. The number of hydrogen-bond donors (Lipinski definition) is 3. The Morgan fingerprint density at radius 1 is 1.18 bits per heavy atom. The molecule has 2 aliphatic heterocycles. The molecule has 0 atom stereocenters. The van der Waals surface area contributed by atoms with Gasteiger partial charge in [-0.05, 0) is 37.5 Å². The van der Waals surface area contributed by atoms with Crippen molar-refractivity contribution < 1.29 is 19.8 Å². The molecule has 0 bridgehead atoms. The van der Waals surface area contributed by atoms with Crippen molar-refractivity contribution in [3.63, 3.8) is 0 Å². The number of carboxylic acid groups (broad SMARTS) is 1. The van der Waals surface area contributed by atoms with Crippen LogP contribution in [-0.2, 0) is 17.8 Å².